The maximum atomic E-state index is 13.1. The molecule has 3 rings (SSSR count). The number of aryl methyl sites for hydroxylation is 1. The smallest absolute Gasteiger partial charge is 0.262 e. The SMILES string of the molecule is Cc1ccc(-c2nocc2C(=O)N(CC(=O)NO)CC2CCCC2)cc1. The van der Waals surface area contributed by atoms with E-state index in [-0.39, 0.29) is 12.5 Å². The highest BCUT2D eigenvalue weighted by molar-refractivity contribution is 6.01. The highest BCUT2D eigenvalue weighted by Gasteiger charge is 2.28. The highest BCUT2D eigenvalue weighted by Crippen LogP contribution is 2.28. The topological polar surface area (TPSA) is 95.7 Å². The minimum absolute atomic E-state index is 0.204. The molecule has 138 valence electrons. The van der Waals surface area contributed by atoms with Crippen molar-refractivity contribution in [1.29, 1.82) is 0 Å². The van der Waals surface area contributed by atoms with Crippen molar-refractivity contribution in [3.8, 4) is 11.3 Å². The number of carbonyl (C=O) groups excluding carboxylic acids is 2. The molecule has 0 unspecified atom stereocenters. The average Bonchev–Trinajstić information content (AvgIpc) is 3.32. The van der Waals surface area contributed by atoms with E-state index in [1.54, 1.807) is 5.48 Å². The summed E-state index contributed by atoms with van der Waals surface area (Å²) >= 11 is 0. The van der Waals surface area contributed by atoms with Crippen LogP contribution in [0.25, 0.3) is 11.3 Å². The summed E-state index contributed by atoms with van der Waals surface area (Å²) in [5.74, 6) is -0.574. The first-order chi connectivity index (χ1) is 12.6. The van der Waals surface area contributed by atoms with Gasteiger partial charge in [-0.2, -0.15) is 0 Å². The third kappa shape index (κ3) is 4.11. The molecule has 0 radical (unpaired) electrons. The zero-order chi connectivity index (χ0) is 18.5. The Morgan fingerprint density at radius 1 is 1.27 bits per heavy atom. The van der Waals surface area contributed by atoms with Crippen molar-refractivity contribution in [2.45, 2.75) is 32.6 Å². The first-order valence-electron chi connectivity index (χ1n) is 8.82. The van der Waals surface area contributed by atoms with Gasteiger partial charge in [0.1, 0.15) is 24.1 Å². The molecule has 0 saturated heterocycles. The van der Waals surface area contributed by atoms with Crippen LogP contribution in [0.2, 0.25) is 0 Å². The van der Waals surface area contributed by atoms with Gasteiger partial charge in [0.2, 0.25) is 0 Å². The second-order valence-corrected chi connectivity index (χ2v) is 6.81. The number of carbonyl (C=O) groups is 2. The average molecular weight is 357 g/mol. The lowest BCUT2D eigenvalue weighted by atomic mass is 10.0. The lowest BCUT2D eigenvalue weighted by molar-refractivity contribution is -0.130. The van der Waals surface area contributed by atoms with Crippen LogP contribution in [-0.4, -0.2) is 40.2 Å². The Hall–Kier alpha value is -2.67. The Balaban J connectivity index is 1.85. The van der Waals surface area contributed by atoms with Gasteiger partial charge in [-0.1, -0.05) is 47.8 Å². The minimum Gasteiger partial charge on any atom is -0.363 e. The summed E-state index contributed by atoms with van der Waals surface area (Å²) < 4.78 is 5.06. The molecule has 2 N–H and O–H groups in total. The molecular weight excluding hydrogens is 334 g/mol. The number of hydroxylamine groups is 1. The molecule has 1 aliphatic rings. The predicted octanol–water partition coefficient (Wildman–Crippen LogP) is 2.79. The number of rotatable bonds is 6. The monoisotopic (exact) mass is 357 g/mol. The van der Waals surface area contributed by atoms with Gasteiger partial charge in [0.25, 0.3) is 11.8 Å². The van der Waals surface area contributed by atoms with Crippen molar-refractivity contribution in [3.05, 3.63) is 41.7 Å². The standard InChI is InChI=1S/C19H23N3O4/c1-13-6-8-15(9-7-13)18-16(12-26-21-18)19(24)22(11-17(23)20-25)10-14-4-2-3-5-14/h6-9,12,14,25H,2-5,10-11H2,1H3,(H,20,23). The normalized spacial score (nSPS) is 14.4. The van der Waals surface area contributed by atoms with E-state index in [9.17, 15) is 9.59 Å². The van der Waals surface area contributed by atoms with Crippen LogP contribution >= 0.6 is 0 Å². The number of benzene rings is 1. The van der Waals surface area contributed by atoms with E-state index in [0.717, 1.165) is 36.8 Å². The van der Waals surface area contributed by atoms with Crippen molar-refractivity contribution in [2.24, 2.45) is 5.92 Å². The number of hydrogen-bond donors (Lipinski definition) is 2. The summed E-state index contributed by atoms with van der Waals surface area (Å²) in [7, 11) is 0. The van der Waals surface area contributed by atoms with E-state index in [1.165, 1.54) is 11.2 Å². The third-order valence-electron chi connectivity index (χ3n) is 4.82. The molecule has 0 aliphatic heterocycles. The molecule has 1 aliphatic carbocycles. The molecule has 1 aromatic heterocycles. The van der Waals surface area contributed by atoms with Gasteiger partial charge in [-0.05, 0) is 25.7 Å². The Morgan fingerprint density at radius 2 is 1.96 bits per heavy atom. The Labute approximate surface area is 151 Å². The van der Waals surface area contributed by atoms with Crippen molar-refractivity contribution < 1.29 is 19.3 Å². The van der Waals surface area contributed by atoms with Crippen molar-refractivity contribution >= 4 is 11.8 Å². The molecule has 2 aromatic rings. The summed E-state index contributed by atoms with van der Waals surface area (Å²) in [4.78, 5) is 26.2. The van der Waals surface area contributed by atoms with Gasteiger partial charge in [0.15, 0.2) is 0 Å². The molecular formula is C19H23N3O4. The largest absolute Gasteiger partial charge is 0.363 e. The molecule has 0 bridgehead atoms. The fourth-order valence-electron chi connectivity index (χ4n) is 3.41. The number of nitrogens with zero attached hydrogens (tertiary/aromatic N) is 2. The van der Waals surface area contributed by atoms with Crippen LogP contribution in [0.4, 0.5) is 0 Å². The number of aromatic nitrogens is 1. The van der Waals surface area contributed by atoms with E-state index in [4.69, 9.17) is 9.73 Å². The Kier molecular flexibility index (Phi) is 5.68. The minimum atomic E-state index is -0.621. The fraction of sp³-hybridized carbons (Fsp3) is 0.421. The van der Waals surface area contributed by atoms with Gasteiger partial charge in [-0.15, -0.1) is 0 Å². The zero-order valence-electron chi connectivity index (χ0n) is 14.8. The van der Waals surface area contributed by atoms with Crippen LogP contribution in [0.1, 0.15) is 41.6 Å². The molecule has 7 heteroatoms. The molecule has 26 heavy (non-hydrogen) atoms. The first-order valence-corrected chi connectivity index (χ1v) is 8.82. The first kappa shape index (κ1) is 18.1. The highest BCUT2D eigenvalue weighted by atomic mass is 16.5. The molecule has 2 amide bonds. The van der Waals surface area contributed by atoms with Gasteiger partial charge in [0, 0.05) is 12.1 Å². The van der Waals surface area contributed by atoms with E-state index in [1.807, 2.05) is 31.2 Å². The van der Waals surface area contributed by atoms with Gasteiger partial charge < -0.3 is 9.42 Å². The maximum absolute atomic E-state index is 13.1. The van der Waals surface area contributed by atoms with Gasteiger partial charge in [-0.3, -0.25) is 14.8 Å². The van der Waals surface area contributed by atoms with E-state index < -0.39 is 5.91 Å². The Morgan fingerprint density at radius 3 is 2.62 bits per heavy atom. The second kappa shape index (κ2) is 8.14. The summed E-state index contributed by atoms with van der Waals surface area (Å²) in [6, 6.07) is 7.64. The lowest BCUT2D eigenvalue weighted by Gasteiger charge is -2.24. The maximum Gasteiger partial charge on any atom is 0.262 e. The Bertz CT molecular complexity index is 763. The van der Waals surface area contributed by atoms with Crippen LogP contribution in [0.5, 0.6) is 0 Å². The third-order valence-corrected chi connectivity index (χ3v) is 4.82. The quantitative estimate of drug-likeness (QED) is 0.612. The molecule has 1 heterocycles. The van der Waals surface area contributed by atoms with E-state index >= 15 is 0 Å². The number of amides is 2. The summed E-state index contributed by atoms with van der Waals surface area (Å²) in [6.07, 6.45) is 5.68. The molecule has 0 spiro atoms. The molecule has 1 fully saturated rings. The lowest BCUT2D eigenvalue weighted by Crippen LogP contribution is -2.42. The number of hydrogen-bond acceptors (Lipinski definition) is 5. The van der Waals surface area contributed by atoms with Crippen LogP contribution in [-0.2, 0) is 4.79 Å². The van der Waals surface area contributed by atoms with Crippen LogP contribution in [0.15, 0.2) is 35.1 Å². The molecule has 1 aromatic carbocycles. The second-order valence-electron chi connectivity index (χ2n) is 6.81. The molecule has 1 saturated carbocycles. The van der Waals surface area contributed by atoms with Crippen molar-refractivity contribution in [1.82, 2.24) is 15.5 Å². The van der Waals surface area contributed by atoms with Gasteiger partial charge in [-0.25, -0.2) is 5.48 Å². The number of nitrogens with one attached hydrogen (secondary N) is 1. The fourth-order valence-corrected chi connectivity index (χ4v) is 3.41. The van der Waals surface area contributed by atoms with Gasteiger partial charge >= 0.3 is 0 Å². The van der Waals surface area contributed by atoms with Gasteiger partial charge in [0.05, 0.1) is 0 Å². The molecule has 0 atom stereocenters. The van der Waals surface area contributed by atoms with Crippen molar-refractivity contribution in [3.63, 3.8) is 0 Å². The summed E-state index contributed by atoms with van der Waals surface area (Å²) in [5.41, 5.74) is 4.25. The summed E-state index contributed by atoms with van der Waals surface area (Å²) in [6.45, 7) is 2.25. The van der Waals surface area contributed by atoms with Crippen molar-refractivity contribution in [2.75, 3.05) is 13.1 Å². The predicted molar refractivity (Wildman–Crippen MR) is 94.5 cm³/mol. The van der Waals surface area contributed by atoms with Crippen LogP contribution in [0, 0.1) is 12.8 Å². The van der Waals surface area contributed by atoms with Crippen LogP contribution in [0.3, 0.4) is 0 Å². The zero-order valence-corrected chi connectivity index (χ0v) is 14.8. The van der Waals surface area contributed by atoms with Crippen LogP contribution < -0.4 is 5.48 Å². The van der Waals surface area contributed by atoms with E-state index in [0.29, 0.717) is 23.7 Å². The molecule has 7 nitrogen and oxygen atoms in total. The summed E-state index contributed by atoms with van der Waals surface area (Å²) in [5, 5.41) is 12.8. The van der Waals surface area contributed by atoms with E-state index in [2.05, 4.69) is 5.16 Å².